The molecule has 0 N–H and O–H groups in total. The molecule has 0 aliphatic rings. The van der Waals surface area contributed by atoms with Crippen molar-refractivity contribution in [2.75, 3.05) is 0 Å². The van der Waals surface area contributed by atoms with Gasteiger partial charge in [0.1, 0.15) is 0 Å². The van der Waals surface area contributed by atoms with Gasteiger partial charge in [-0.05, 0) is 0 Å². The minimum absolute atomic E-state index is 0. The van der Waals surface area contributed by atoms with Crippen molar-refractivity contribution >= 4 is 0 Å². The molecule has 0 fully saturated rings. The van der Waals surface area contributed by atoms with Crippen molar-refractivity contribution in [2.45, 2.75) is 0 Å². The van der Waals surface area contributed by atoms with Crippen LogP contribution in [0, 0.1) is 47.3 Å². The first-order chi connectivity index (χ1) is 4.00. The van der Waals surface area contributed by atoms with Crippen LogP contribution in [0.2, 0.25) is 0 Å². The normalized spacial score (nSPS) is 0.727. The molecule has 0 unspecified atom stereocenters. The standard InChI is InChI=1S/4CN.Cu.2K/c4*1-2;;;/q4*-1;+2;2*+1. The molecule has 1 radical (unpaired) electrons. The Bertz CT molecular complexity index is 63.1. The summed E-state index contributed by atoms with van der Waals surface area (Å²) in [4.78, 5) is 0. The largest absolute Gasteiger partial charge is 2.00 e. The molecular formula is C4CuK2N4. The first kappa shape index (κ1) is 53.2. The zero-order valence-electron chi connectivity index (χ0n) is 6.09. The zero-order chi connectivity index (χ0) is 8.00. The summed E-state index contributed by atoms with van der Waals surface area (Å²) in [7, 11) is 0. The molecule has 0 rings (SSSR count). The molecule has 0 aromatic carbocycles. The molecule has 0 aliphatic heterocycles. The second kappa shape index (κ2) is 443. The van der Waals surface area contributed by atoms with Crippen LogP contribution < -0.4 is 103 Å². The van der Waals surface area contributed by atoms with Gasteiger partial charge in [-0.2, -0.15) is 0 Å². The fourth-order valence-electron chi connectivity index (χ4n) is 0. The molecule has 0 atom stereocenters. The minimum Gasteiger partial charge on any atom is -0.512 e. The molecule has 49 valence electrons. The maximum atomic E-state index is 6.25. The summed E-state index contributed by atoms with van der Waals surface area (Å²) in [5.41, 5.74) is 0. The van der Waals surface area contributed by atoms with E-state index in [0.717, 1.165) is 0 Å². The summed E-state index contributed by atoms with van der Waals surface area (Å²) in [6.07, 6.45) is 0. The molecule has 0 aliphatic carbocycles. The van der Waals surface area contributed by atoms with E-state index in [4.69, 9.17) is 47.3 Å². The molecule has 0 aromatic rings. The zero-order valence-corrected chi connectivity index (χ0v) is 13.3. The average Bonchev–Trinajstić information content (AvgIpc) is 2.03. The monoisotopic (exact) mass is 245 g/mol. The average molecular weight is 246 g/mol. The summed E-state index contributed by atoms with van der Waals surface area (Å²) in [5.74, 6) is 0. The maximum Gasteiger partial charge on any atom is 2.00 e. The second-order valence-corrected chi connectivity index (χ2v) is 0. The van der Waals surface area contributed by atoms with Crippen molar-refractivity contribution in [1.29, 1.82) is 21.0 Å². The van der Waals surface area contributed by atoms with E-state index in [1.807, 2.05) is 0 Å². The fourth-order valence-corrected chi connectivity index (χ4v) is 0. The summed E-state index contributed by atoms with van der Waals surface area (Å²) in [6, 6.07) is 0. The van der Waals surface area contributed by atoms with Crippen LogP contribution in [0.5, 0.6) is 0 Å². The van der Waals surface area contributed by atoms with Crippen molar-refractivity contribution < 1.29 is 120 Å². The molecule has 0 saturated heterocycles. The topological polar surface area (TPSA) is 95.2 Å². The number of hydrogen-bond acceptors (Lipinski definition) is 4. The Kier molecular flexibility index (Phi) is 2140. The summed E-state index contributed by atoms with van der Waals surface area (Å²) >= 11 is 0. The number of rotatable bonds is 0. The van der Waals surface area contributed by atoms with Gasteiger partial charge in [0, 0.05) is 0 Å². The van der Waals surface area contributed by atoms with E-state index in [1.165, 1.54) is 0 Å². The van der Waals surface area contributed by atoms with Crippen LogP contribution in [-0.2, 0) is 17.1 Å². The Morgan fingerprint density at radius 1 is 0.455 bits per heavy atom. The van der Waals surface area contributed by atoms with Gasteiger partial charge in [0.15, 0.2) is 0 Å². The predicted octanol–water partition coefficient (Wildman–Crippen LogP) is -5.61. The Labute approximate surface area is 163 Å². The van der Waals surface area contributed by atoms with Crippen LogP contribution in [-0.4, -0.2) is 0 Å². The first-order valence-electron chi connectivity index (χ1n) is 0.894. The van der Waals surface area contributed by atoms with E-state index in [9.17, 15) is 0 Å². The van der Waals surface area contributed by atoms with Gasteiger partial charge in [-0.25, -0.2) is 0 Å². The van der Waals surface area contributed by atoms with Crippen LogP contribution in [0.4, 0.5) is 0 Å². The van der Waals surface area contributed by atoms with Crippen molar-refractivity contribution in [1.82, 2.24) is 0 Å². The number of nitrogens with zero attached hydrogens (tertiary/aromatic N) is 4. The van der Waals surface area contributed by atoms with E-state index in [-0.39, 0.29) is 120 Å². The van der Waals surface area contributed by atoms with Gasteiger partial charge in [-0.3, -0.25) is 0 Å². The quantitative estimate of drug-likeness (QED) is 0.314. The van der Waals surface area contributed by atoms with Crippen molar-refractivity contribution in [2.24, 2.45) is 0 Å². The van der Waals surface area contributed by atoms with Gasteiger partial charge in [-0.1, -0.05) is 0 Å². The van der Waals surface area contributed by atoms with E-state index >= 15 is 0 Å². The van der Waals surface area contributed by atoms with Crippen molar-refractivity contribution in [3.63, 3.8) is 0 Å². The maximum absolute atomic E-state index is 6.25. The molecule has 0 aromatic heterocycles. The Hall–Kier alpha value is 1.75. The SMILES string of the molecule is [C-]#N.[C-]#N.[C-]#N.[C-]#N.[Cu+2].[K+].[K+]. The molecule has 7 heteroatoms. The molecule has 0 amide bonds. The molecule has 0 heterocycles. The van der Waals surface area contributed by atoms with Gasteiger partial charge in [0.2, 0.25) is 0 Å². The third-order valence-corrected chi connectivity index (χ3v) is 0. The fraction of sp³-hybridized carbons (Fsp3) is 0. The van der Waals surface area contributed by atoms with Gasteiger partial charge >= 0.3 is 120 Å². The van der Waals surface area contributed by atoms with Crippen LogP contribution in [0.1, 0.15) is 0 Å². The minimum atomic E-state index is 0. The Morgan fingerprint density at radius 2 is 0.455 bits per heavy atom. The molecule has 11 heavy (non-hydrogen) atoms. The Balaban J connectivity index is -0.00000000356. The summed E-state index contributed by atoms with van der Waals surface area (Å²) in [6.45, 7) is 19.0. The van der Waals surface area contributed by atoms with Crippen LogP contribution in [0.3, 0.4) is 0 Å². The second-order valence-electron chi connectivity index (χ2n) is 0. The molecular weight excluding hydrogens is 246 g/mol. The van der Waals surface area contributed by atoms with Crippen LogP contribution in [0.25, 0.3) is 0 Å². The summed E-state index contributed by atoms with van der Waals surface area (Å²) in [5, 5.41) is 25.0. The van der Waals surface area contributed by atoms with Crippen molar-refractivity contribution in [3.05, 3.63) is 26.3 Å². The van der Waals surface area contributed by atoms with Gasteiger partial charge in [0.25, 0.3) is 0 Å². The molecule has 0 saturated carbocycles. The van der Waals surface area contributed by atoms with Gasteiger partial charge in [-0.15, -0.1) is 0 Å². The van der Waals surface area contributed by atoms with E-state index < -0.39 is 0 Å². The van der Waals surface area contributed by atoms with Gasteiger partial charge < -0.3 is 47.3 Å². The van der Waals surface area contributed by atoms with Crippen LogP contribution in [0.15, 0.2) is 0 Å². The molecule has 4 nitrogen and oxygen atoms in total. The molecule has 0 spiro atoms. The Morgan fingerprint density at radius 3 is 0.455 bits per heavy atom. The van der Waals surface area contributed by atoms with E-state index in [0.29, 0.717) is 0 Å². The predicted molar refractivity (Wildman–Crippen MR) is 19.9 cm³/mol. The third-order valence-electron chi connectivity index (χ3n) is 0. The van der Waals surface area contributed by atoms with Crippen LogP contribution >= 0.6 is 0 Å². The van der Waals surface area contributed by atoms with E-state index in [2.05, 4.69) is 0 Å². The van der Waals surface area contributed by atoms with Gasteiger partial charge in [0.05, 0.1) is 0 Å². The molecule has 0 bridgehead atoms. The van der Waals surface area contributed by atoms with Crippen molar-refractivity contribution in [3.8, 4) is 0 Å². The smallest absolute Gasteiger partial charge is 0.512 e. The van der Waals surface area contributed by atoms with E-state index in [1.54, 1.807) is 0 Å². The third kappa shape index (κ3) is 364. The number of hydrogen-bond donors (Lipinski definition) is 0. The first-order valence-corrected chi connectivity index (χ1v) is 0.894. The summed E-state index contributed by atoms with van der Waals surface area (Å²) < 4.78 is 0.